The summed E-state index contributed by atoms with van der Waals surface area (Å²) in [5.74, 6) is 1.10. The van der Waals surface area contributed by atoms with E-state index in [0.29, 0.717) is 18.3 Å². The van der Waals surface area contributed by atoms with E-state index in [1.165, 1.54) is 24.4 Å². The van der Waals surface area contributed by atoms with Crippen molar-refractivity contribution in [1.29, 1.82) is 0 Å². The lowest BCUT2D eigenvalue weighted by atomic mass is 9.85. The van der Waals surface area contributed by atoms with E-state index in [2.05, 4.69) is 27.1 Å². The van der Waals surface area contributed by atoms with Gasteiger partial charge in [0.15, 0.2) is 0 Å². The second-order valence-electron chi connectivity index (χ2n) is 6.20. The molecule has 0 radical (unpaired) electrons. The van der Waals surface area contributed by atoms with E-state index in [1.54, 1.807) is 0 Å². The minimum absolute atomic E-state index is 0.0890. The van der Waals surface area contributed by atoms with Gasteiger partial charge in [-0.05, 0) is 61.4 Å². The van der Waals surface area contributed by atoms with E-state index < -0.39 is 0 Å². The Bertz CT molecular complexity index is 621. The average Bonchev–Trinajstić information content (AvgIpc) is 3.11. The maximum absolute atomic E-state index is 12.2. The molecule has 0 spiro atoms. The zero-order valence-electron chi connectivity index (χ0n) is 13.3. The molecule has 0 aliphatic carbocycles. The summed E-state index contributed by atoms with van der Waals surface area (Å²) in [5, 5.41) is 12.4. The van der Waals surface area contributed by atoms with Crippen molar-refractivity contribution in [2.75, 3.05) is 18.4 Å². The maximum Gasteiger partial charge on any atom is 0.224 e. The molecule has 2 N–H and O–H groups in total. The van der Waals surface area contributed by atoms with Crippen LogP contribution in [0.1, 0.15) is 26.2 Å². The molecule has 3 rings (SSSR count). The molecule has 2 aromatic rings. The van der Waals surface area contributed by atoms with Crippen molar-refractivity contribution < 1.29 is 4.79 Å². The molecule has 122 valence electrons. The van der Waals surface area contributed by atoms with Gasteiger partial charge in [-0.2, -0.15) is 0 Å². The standard InChI is InChI=1S/C17H22N4OS/c1-12(14-3-2-8-18-10-14)9-17(22)19-15-6-4-13(5-7-15)16-11-23-21-20-16/h4-7,11-12,14,18H,2-3,8-10H2,1H3,(H,19,22)/t12-,14-/m1/s1. The zero-order chi connectivity index (χ0) is 16.1. The van der Waals surface area contributed by atoms with Crippen molar-refractivity contribution >= 4 is 23.1 Å². The Morgan fingerprint density at radius 1 is 1.43 bits per heavy atom. The first kappa shape index (κ1) is 16.1. The van der Waals surface area contributed by atoms with Crippen LogP contribution < -0.4 is 10.6 Å². The molecule has 1 aromatic heterocycles. The summed E-state index contributed by atoms with van der Waals surface area (Å²) in [6.07, 6.45) is 3.01. The second-order valence-corrected chi connectivity index (χ2v) is 6.81. The number of anilines is 1. The van der Waals surface area contributed by atoms with Gasteiger partial charge in [0, 0.05) is 23.1 Å². The SMILES string of the molecule is C[C@H](CC(=O)Nc1ccc(-c2csnn2)cc1)[C@@H]1CCCNC1. The van der Waals surface area contributed by atoms with Crippen LogP contribution in [0, 0.1) is 11.8 Å². The molecule has 2 atom stereocenters. The summed E-state index contributed by atoms with van der Waals surface area (Å²) < 4.78 is 3.86. The normalized spacial score (nSPS) is 19.3. The minimum Gasteiger partial charge on any atom is -0.326 e. The molecule has 23 heavy (non-hydrogen) atoms. The van der Waals surface area contributed by atoms with Gasteiger partial charge in [0.05, 0.1) is 0 Å². The van der Waals surface area contributed by atoms with Crippen molar-refractivity contribution in [3.05, 3.63) is 29.6 Å². The molecule has 1 aliphatic heterocycles. The highest BCUT2D eigenvalue weighted by atomic mass is 32.1. The van der Waals surface area contributed by atoms with Crippen molar-refractivity contribution in [3.8, 4) is 11.3 Å². The largest absolute Gasteiger partial charge is 0.326 e. The molecular weight excluding hydrogens is 308 g/mol. The molecule has 1 aliphatic rings. The van der Waals surface area contributed by atoms with Gasteiger partial charge in [-0.1, -0.05) is 23.5 Å². The van der Waals surface area contributed by atoms with Gasteiger partial charge in [-0.25, -0.2) is 0 Å². The summed E-state index contributed by atoms with van der Waals surface area (Å²) in [5.41, 5.74) is 2.71. The Labute approximate surface area is 140 Å². The molecule has 0 saturated carbocycles. The monoisotopic (exact) mass is 330 g/mol. The summed E-state index contributed by atoms with van der Waals surface area (Å²) in [6.45, 7) is 4.32. The first-order valence-corrected chi connectivity index (χ1v) is 8.94. The Hall–Kier alpha value is -1.79. The highest BCUT2D eigenvalue weighted by molar-refractivity contribution is 7.03. The van der Waals surface area contributed by atoms with E-state index in [-0.39, 0.29) is 5.91 Å². The van der Waals surface area contributed by atoms with Gasteiger partial charge in [-0.3, -0.25) is 4.79 Å². The molecule has 1 saturated heterocycles. The Balaban J connectivity index is 1.53. The van der Waals surface area contributed by atoms with Crippen molar-refractivity contribution in [3.63, 3.8) is 0 Å². The van der Waals surface area contributed by atoms with Gasteiger partial charge in [0.25, 0.3) is 0 Å². The first-order valence-electron chi connectivity index (χ1n) is 8.10. The number of nitrogens with zero attached hydrogens (tertiary/aromatic N) is 2. The van der Waals surface area contributed by atoms with Gasteiger partial charge in [0.1, 0.15) is 5.69 Å². The summed E-state index contributed by atoms with van der Waals surface area (Å²) >= 11 is 1.33. The number of carbonyl (C=O) groups excluding carboxylic acids is 1. The Kier molecular flexibility index (Phi) is 5.35. The number of hydrogen-bond donors (Lipinski definition) is 2. The second kappa shape index (κ2) is 7.66. The number of amides is 1. The summed E-state index contributed by atoms with van der Waals surface area (Å²) in [7, 11) is 0. The Morgan fingerprint density at radius 3 is 2.91 bits per heavy atom. The molecule has 1 fully saturated rings. The van der Waals surface area contributed by atoms with Crippen LogP contribution in [0.3, 0.4) is 0 Å². The molecule has 2 heterocycles. The molecule has 6 heteroatoms. The quantitative estimate of drug-likeness (QED) is 0.884. The number of hydrogen-bond acceptors (Lipinski definition) is 5. The summed E-state index contributed by atoms with van der Waals surface area (Å²) in [6, 6.07) is 7.75. The van der Waals surface area contributed by atoms with E-state index in [1.807, 2.05) is 29.6 Å². The average molecular weight is 330 g/mol. The third-order valence-corrected chi connectivity index (χ3v) is 4.98. The fraction of sp³-hybridized carbons (Fsp3) is 0.471. The highest BCUT2D eigenvalue weighted by Gasteiger charge is 2.22. The molecule has 1 amide bonds. The highest BCUT2D eigenvalue weighted by Crippen LogP contribution is 2.24. The predicted molar refractivity (Wildman–Crippen MR) is 93.3 cm³/mol. The molecule has 0 unspecified atom stereocenters. The van der Waals surface area contributed by atoms with Crippen LogP contribution in [-0.4, -0.2) is 28.6 Å². The minimum atomic E-state index is 0.0890. The molecular formula is C17H22N4OS. The fourth-order valence-electron chi connectivity index (χ4n) is 3.05. The lowest BCUT2D eigenvalue weighted by molar-refractivity contribution is -0.117. The number of piperidine rings is 1. The molecule has 1 aromatic carbocycles. The van der Waals surface area contributed by atoms with Gasteiger partial charge < -0.3 is 10.6 Å². The van der Waals surface area contributed by atoms with Crippen LogP contribution in [0.15, 0.2) is 29.6 Å². The van der Waals surface area contributed by atoms with Crippen LogP contribution >= 0.6 is 11.5 Å². The summed E-state index contributed by atoms with van der Waals surface area (Å²) in [4.78, 5) is 12.2. The zero-order valence-corrected chi connectivity index (χ0v) is 14.1. The fourth-order valence-corrected chi connectivity index (χ4v) is 3.52. The van der Waals surface area contributed by atoms with Gasteiger partial charge >= 0.3 is 0 Å². The lowest BCUT2D eigenvalue weighted by Crippen LogP contribution is -2.34. The third-order valence-electron chi connectivity index (χ3n) is 4.47. The van der Waals surface area contributed by atoms with Crippen molar-refractivity contribution in [1.82, 2.24) is 14.9 Å². The molecule has 5 nitrogen and oxygen atoms in total. The van der Waals surface area contributed by atoms with E-state index in [0.717, 1.165) is 30.0 Å². The van der Waals surface area contributed by atoms with Crippen LogP contribution in [0.25, 0.3) is 11.3 Å². The van der Waals surface area contributed by atoms with Gasteiger partial charge in [0.2, 0.25) is 5.91 Å². The number of nitrogens with one attached hydrogen (secondary N) is 2. The molecule has 0 bridgehead atoms. The smallest absolute Gasteiger partial charge is 0.224 e. The maximum atomic E-state index is 12.2. The van der Waals surface area contributed by atoms with Crippen molar-refractivity contribution in [2.45, 2.75) is 26.2 Å². The Morgan fingerprint density at radius 2 is 2.26 bits per heavy atom. The third kappa shape index (κ3) is 4.36. The number of carbonyl (C=O) groups is 1. The predicted octanol–water partition coefficient (Wildman–Crippen LogP) is 3.17. The van der Waals surface area contributed by atoms with Crippen molar-refractivity contribution in [2.24, 2.45) is 11.8 Å². The van der Waals surface area contributed by atoms with E-state index in [9.17, 15) is 4.79 Å². The van der Waals surface area contributed by atoms with Crippen LogP contribution in [0.4, 0.5) is 5.69 Å². The number of aromatic nitrogens is 2. The van der Waals surface area contributed by atoms with Crippen LogP contribution in [0.5, 0.6) is 0 Å². The topological polar surface area (TPSA) is 66.9 Å². The van der Waals surface area contributed by atoms with Crippen LogP contribution in [0.2, 0.25) is 0 Å². The van der Waals surface area contributed by atoms with Crippen LogP contribution in [-0.2, 0) is 4.79 Å². The van der Waals surface area contributed by atoms with E-state index >= 15 is 0 Å². The number of benzene rings is 1. The van der Waals surface area contributed by atoms with E-state index in [4.69, 9.17) is 0 Å². The van der Waals surface area contributed by atoms with Gasteiger partial charge in [-0.15, -0.1) is 5.10 Å². The lowest BCUT2D eigenvalue weighted by Gasteiger charge is -2.28. The first-order chi connectivity index (χ1) is 11.2. The number of rotatable bonds is 5.